The zero-order chi connectivity index (χ0) is 11.4. The van der Waals surface area contributed by atoms with Crippen LogP contribution in [-0.2, 0) is 11.3 Å². The minimum atomic E-state index is 0.163. The number of hydrogen-bond donors (Lipinski definition) is 1. The molecule has 1 aromatic rings. The molecular formula is C13H14N2O. The lowest BCUT2D eigenvalue weighted by molar-refractivity contribution is -0.127. The molecule has 2 rings (SSSR count). The fourth-order valence-corrected chi connectivity index (χ4v) is 1.70. The Labute approximate surface area is 95.1 Å². The van der Waals surface area contributed by atoms with Crippen LogP contribution in [0.25, 0.3) is 0 Å². The van der Waals surface area contributed by atoms with Crippen molar-refractivity contribution in [3.05, 3.63) is 35.4 Å². The molecule has 1 aromatic carbocycles. The lowest BCUT2D eigenvalue weighted by Crippen LogP contribution is -2.33. The Hall–Kier alpha value is -1.82. The summed E-state index contributed by atoms with van der Waals surface area (Å²) in [6.45, 7) is 0.557. The van der Waals surface area contributed by atoms with Crippen molar-refractivity contribution in [2.24, 2.45) is 5.92 Å². The molecule has 1 saturated carbocycles. The smallest absolute Gasteiger partial charge is 0.223 e. The molecule has 0 unspecified atom stereocenters. The van der Waals surface area contributed by atoms with E-state index in [1.54, 1.807) is 12.1 Å². The van der Waals surface area contributed by atoms with Crippen LogP contribution < -0.4 is 5.32 Å². The van der Waals surface area contributed by atoms with Gasteiger partial charge in [-0.2, -0.15) is 5.26 Å². The third kappa shape index (κ3) is 2.40. The van der Waals surface area contributed by atoms with Crippen molar-refractivity contribution in [2.45, 2.75) is 25.8 Å². The Balaban J connectivity index is 1.84. The van der Waals surface area contributed by atoms with E-state index in [0.717, 1.165) is 18.4 Å². The van der Waals surface area contributed by atoms with E-state index < -0.39 is 0 Å². The number of nitrogens with zero attached hydrogens (tertiary/aromatic N) is 1. The largest absolute Gasteiger partial charge is 0.352 e. The molecule has 82 valence electrons. The van der Waals surface area contributed by atoms with Crippen LogP contribution in [0.15, 0.2) is 24.3 Å². The van der Waals surface area contributed by atoms with Crippen molar-refractivity contribution in [1.82, 2.24) is 5.32 Å². The summed E-state index contributed by atoms with van der Waals surface area (Å²) in [5.41, 5.74) is 1.68. The summed E-state index contributed by atoms with van der Waals surface area (Å²) < 4.78 is 0. The zero-order valence-corrected chi connectivity index (χ0v) is 9.07. The number of benzene rings is 1. The first kappa shape index (κ1) is 10.7. The summed E-state index contributed by atoms with van der Waals surface area (Å²) in [4.78, 5) is 11.6. The van der Waals surface area contributed by atoms with Gasteiger partial charge in [0.05, 0.1) is 11.6 Å². The van der Waals surface area contributed by atoms with Crippen LogP contribution in [0.3, 0.4) is 0 Å². The maximum Gasteiger partial charge on any atom is 0.223 e. The topological polar surface area (TPSA) is 52.9 Å². The third-order valence-corrected chi connectivity index (χ3v) is 3.03. The Morgan fingerprint density at radius 3 is 2.56 bits per heavy atom. The van der Waals surface area contributed by atoms with Gasteiger partial charge in [0.15, 0.2) is 0 Å². The number of carbonyl (C=O) groups excluding carboxylic acids is 1. The van der Waals surface area contributed by atoms with Gasteiger partial charge in [-0.15, -0.1) is 0 Å². The van der Waals surface area contributed by atoms with Crippen LogP contribution in [0.1, 0.15) is 30.4 Å². The molecule has 0 heterocycles. The van der Waals surface area contributed by atoms with Crippen LogP contribution in [0.2, 0.25) is 0 Å². The quantitative estimate of drug-likeness (QED) is 0.836. The maximum absolute atomic E-state index is 11.6. The van der Waals surface area contributed by atoms with E-state index in [2.05, 4.69) is 11.4 Å². The highest BCUT2D eigenvalue weighted by Gasteiger charge is 2.24. The van der Waals surface area contributed by atoms with Gasteiger partial charge in [-0.3, -0.25) is 4.79 Å². The molecule has 0 aromatic heterocycles. The van der Waals surface area contributed by atoms with Crippen LogP contribution in [0.5, 0.6) is 0 Å². The van der Waals surface area contributed by atoms with E-state index in [1.807, 2.05) is 12.1 Å². The molecule has 0 radical (unpaired) electrons. The van der Waals surface area contributed by atoms with Gasteiger partial charge in [-0.25, -0.2) is 0 Å². The summed E-state index contributed by atoms with van der Waals surface area (Å²) >= 11 is 0. The van der Waals surface area contributed by atoms with Crippen LogP contribution in [0, 0.1) is 17.2 Å². The Bertz CT molecular complexity index is 413. The summed E-state index contributed by atoms with van der Waals surface area (Å²) in [6.07, 6.45) is 3.23. The summed E-state index contributed by atoms with van der Waals surface area (Å²) in [5.74, 6) is 0.397. The molecular weight excluding hydrogens is 200 g/mol. The minimum Gasteiger partial charge on any atom is -0.352 e. The summed E-state index contributed by atoms with van der Waals surface area (Å²) in [5, 5.41) is 11.6. The lowest BCUT2D eigenvalue weighted by Gasteiger charge is -2.24. The number of amides is 1. The molecule has 1 amide bonds. The van der Waals surface area contributed by atoms with Gasteiger partial charge in [0.1, 0.15) is 0 Å². The van der Waals surface area contributed by atoms with E-state index >= 15 is 0 Å². The molecule has 0 aliphatic heterocycles. The van der Waals surface area contributed by atoms with Gasteiger partial charge in [0, 0.05) is 12.5 Å². The SMILES string of the molecule is N#Cc1ccc(CNC(=O)C2CCC2)cc1. The van der Waals surface area contributed by atoms with Crippen LogP contribution in [0.4, 0.5) is 0 Å². The van der Waals surface area contributed by atoms with Crippen molar-refractivity contribution < 1.29 is 4.79 Å². The Morgan fingerprint density at radius 2 is 2.06 bits per heavy atom. The monoisotopic (exact) mass is 214 g/mol. The van der Waals surface area contributed by atoms with Crippen molar-refractivity contribution in [1.29, 1.82) is 5.26 Å². The van der Waals surface area contributed by atoms with Crippen molar-refractivity contribution in [3.63, 3.8) is 0 Å². The molecule has 1 N–H and O–H groups in total. The lowest BCUT2D eigenvalue weighted by atomic mass is 9.85. The van der Waals surface area contributed by atoms with Gasteiger partial charge < -0.3 is 5.32 Å². The first-order valence-corrected chi connectivity index (χ1v) is 5.56. The average Bonchev–Trinajstić information content (AvgIpc) is 2.25. The first-order chi connectivity index (χ1) is 7.79. The predicted molar refractivity (Wildman–Crippen MR) is 60.3 cm³/mol. The molecule has 3 nitrogen and oxygen atoms in total. The van der Waals surface area contributed by atoms with Gasteiger partial charge >= 0.3 is 0 Å². The number of carbonyl (C=O) groups is 1. The maximum atomic E-state index is 11.6. The Kier molecular flexibility index (Phi) is 3.21. The first-order valence-electron chi connectivity index (χ1n) is 5.56. The van der Waals surface area contributed by atoms with E-state index in [-0.39, 0.29) is 11.8 Å². The molecule has 1 aliphatic carbocycles. The number of nitrogens with one attached hydrogen (secondary N) is 1. The molecule has 0 atom stereocenters. The summed E-state index contributed by atoms with van der Waals surface area (Å²) in [7, 11) is 0. The van der Waals surface area contributed by atoms with E-state index in [4.69, 9.17) is 5.26 Å². The fraction of sp³-hybridized carbons (Fsp3) is 0.385. The highest BCUT2D eigenvalue weighted by Crippen LogP contribution is 2.26. The number of rotatable bonds is 3. The molecule has 1 aliphatic rings. The highest BCUT2D eigenvalue weighted by atomic mass is 16.1. The van der Waals surface area contributed by atoms with Gasteiger partial charge in [-0.1, -0.05) is 18.6 Å². The second-order valence-corrected chi connectivity index (χ2v) is 4.15. The second kappa shape index (κ2) is 4.80. The van der Waals surface area contributed by atoms with Gasteiger partial charge in [0.25, 0.3) is 0 Å². The average molecular weight is 214 g/mol. The Morgan fingerprint density at radius 1 is 1.38 bits per heavy atom. The van der Waals surface area contributed by atoms with Crippen LogP contribution in [-0.4, -0.2) is 5.91 Å². The zero-order valence-electron chi connectivity index (χ0n) is 9.07. The van der Waals surface area contributed by atoms with Gasteiger partial charge in [-0.05, 0) is 30.5 Å². The van der Waals surface area contributed by atoms with E-state index in [0.29, 0.717) is 12.1 Å². The molecule has 1 fully saturated rings. The van der Waals surface area contributed by atoms with Gasteiger partial charge in [0.2, 0.25) is 5.91 Å². The van der Waals surface area contributed by atoms with Crippen molar-refractivity contribution in [3.8, 4) is 6.07 Å². The second-order valence-electron chi connectivity index (χ2n) is 4.15. The fourth-order valence-electron chi connectivity index (χ4n) is 1.70. The van der Waals surface area contributed by atoms with Crippen molar-refractivity contribution >= 4 is 5.91 Å². The highest BCUT2D eigenvalue weighted by molar-refractivity contribution is 5.79. The molecule has 0 spiro atoms. The van der Waals surface area contributed by atoms with Crippen LogP contribution >= 0.6 is 0 Å². The number of nitriles is 1. The molecule has 0 bridgehead atoms. The standard InChI is InChI=1S/C13H14N2O/c14-8-10-4-6-11(7-5-10)9-15-13(16)12-2-1-3-12/h4-7,12H,1-3,9H2,(H,15,16). The third-order valence-electron chi connectivity index (χ3n) is 3.03. The molecule has 3 heteroatoms. The number of hydrogen-bond acceptors (Lipinski definition) is 2. The predicted octanol–water partition coefficient (Wildman–Crippen LogP) is 1.97. The molecule has 0 saturated heterocycles. The van der Waals surface area contributed by atoms with Crippen molar-refractivity contribution in [2.75, 3.05) is 0 Å². The normalized spacial score (nSPS) is 14.9. The minimum absolute atomic E-state index is 0.163. The molecule has 16 heavy (non-hydrogen) atoms. The van der Waals surface area contributed by atoms with E-state index in [9.17, 15) is 4.79 Å². The summed E-state index contributed by atoms with van der Waals surface area (Å²) in [6, 6.07) is 9.35. The van der Waals surface area contributed by atoms with E-state index in [1.165, 1.54) is 6.42 Å².